The molecule has 1 aromatic carbocycles. The Bertz CT molecular complexity index is 1080. The molecule has 12 heteroatoms. The van der Waals surface area contributed by atoms with Crippen molar-refractivity contribution in [2.75, 3.05) is 5.32 Å². The molecule has 3 aromatic rings. The van der Waals surface area contributed by atoms with Crippen LogP contribution in [0.4, 0.5) is 15.9 Å². The Labute approximate surface area is 174 Å². The van der Waals surface area contributed by atoms with Crippen molar-refractivity contribution in [3.8, 4) is 0 Å². The first-order valence-electron chi connectivity index (χ1n) is 8.34. The molecular weight excluding hydrogens is 426 g/mol. The van der Waals surface area contributed by atoms with Crippen molar-refractivity contribution < 1.29 is 14.1 Å². The van der Waals surface area contributed by atoms with Gasteiger partial charge in [-0.2, -0.15) is 10.2 Å². The van der Waals surface area contributed by atoms with Gasteiger partial charge in [0.1, 0.15) is 28.8 Å². The van der Waals surface area contributed by atoms with Crippen LogP contribution < -0.4 is 5.32 Å². The lowest BCUT2D eigenvalue weighted by atomic mass is 10.2. The van der Waals surface area contributed by atoms with Gasteiger partial charge >= 0.3 is 5.69 Å². The molecule has 9 nitrogen and oxygen atoms in total. The van der Waals surface area contributed by atoms with Gasteiger partial charge in [-0.3, -0.25) is 24.3 Å². The average Bonchev–Trinajstić information content (AvgIpc) is 3.20. The number of aromatic nitrogens is 4. The number of amides is 1. The third-order valence-corrected chi connectivity index (χ3v) is 4.93. The highest BCUT2D eigenvalue weighted by molar-refractivity contribution is 6.33. The largest absolute Gasteiger partial charge is 0.309 e. The van der Waals surface area contributed by atoms with E-state index in [1.54, 1.807) is 6.07 Å². The Morgan fingerprint density at radius 1 is 1.38 bits per heavy atom. The monoisotopic (exact) mass is 440 g/mol. The fraction of sp³-hybridized carbons (Fsp3) is 0.235. The van der Waals surface area contributed by atoms with Crippen molar-refractivity contribution in [3.63, 3.8) is 0 Å². The molecule has 0 fully saturated rings. The van der Waals surface area contributed by atoms with Gasteiger partial charge in [-0.1, -0.05) is 29.3 Å². The van der Waals surface area contributed by atoms with E-state index in [-0.39, 0.29) is 39.4 Å². The summed E-state index contributed by atoms with van der Waals surface area (Å²) in [5.41, 5.74) is 0.288. The first kappa shape index (κ1) is 20.7. The van der Waals surface area contributed by atoms with Crippen molar-refractivity contribution in [2.45, 2.75) is 26.4 Å². The van der Waals surface area contributed by atoms with E-state index >= 15 is 0 Å². The SMILES string of the molecule is Cc1c([N+](=O)[O-])cnn1C(C)C(=O)Nc1nn(Cc2c(F)cccc2Cl)cc1Cl. The van der Waals surface area contributed by atoms with Gasteiger partial charge in [0.25, 0.3) is 0 Å². The maximum Gasteiger partial charge on any atom is 0.309 e. The summed E-state index contributed by atoms with van der Waals surface area (Å²) in [6.45, 7) is 3.04. The molecular formula is C17H15Cl2FN6O3. The van der Waals surface area contributed by atoms with Crippen molar-refractivity contribution in [2.24, 2.45) is 0 Å². The Balaban J connectivity index is 1.77. The summed E-state index contributed by atoms with van der Waals surface area (Å²) in [4.78, 5) is 22.9. The molecule has 0 bridgehead atoms. The predicted octanol–water partition coefficient (Wildman–Crippen LogP) is 3.99. The van der Waals surface area contributed by atoms with Crippen LogP contribution in [0.25, 0.3) is 0 Å². The first-order chi connectivity index (χ1) is 13.7. The Morgan fingerprint density at radius 3 is 2.72 bits per heavy atom. The average molecular weight is 441 g/mol. The smallest absolute Gasteiger partial charge is 0.306 e. The van der Waals surface area contributed by atoms with Crippen molar-refractivity contribution in [1.29, 1.82) is 0 Å². The van der Waals surface area contributed by atoms with E-state index in [0.717, 1.165) is 6.20 Å². The Kier molecular flexibility index (Phi) is 5.85. The molecule has 1 unspecified atom stereocenters. The number of anilines is 1. The van der Waals surface area contributed by atoms with Crippen LogP contribution in [-0.4, -0.2) is 30.4 Å². The van der Waals surface area contributed by atoms with Crippen LogP contribution in [0, 0.1) is 22.9 Å². The number of rotatable bonds is 6. The van der Waals surface area contributed by atoms with Gasteiger partial charge in [-0.05, 0) is 26.0 Å². The number of hydrogen-bond donors (Lipinski definition) is 1. The van der Waals surface area contributed by atoms with Gasteiger partial charge in [0.05, 0.1) is 11.5 Å². The maximum atomic E-state index is 14.0. The van der Waals surface area contributed by atoms with Crippen LogP contribution in [-0.2, 0) is 11.3 Å². The molecule has 2 aromatic heterocycles. The minimum absolute atomic E-state index is 0.0150. The van der Waals surface area contributed by atoms with E-state index < -0.39 is 22.7 Å². The topological polar surface area (TPSA) is 108 Å². The Hall–Kier alpha value is -2.98. The van der Waals surface area contributed by atoms with Gasteiger partial charge in [0, 0.05) is 16.8 Å². The van der Waals surface area contributed by atoms with Crippen molar-refractivity contribution >= 4 is 40.6 Å². The van der Waals surface area contributed by atoms with Crippen molar-refractivity contribution in [1.82, 2.24) is 19.6 Å². The van der Waals surface area contributed by atoms with E-state index in [1.165, 1.54) is 41.5 Å². The summed E-state index contributed by atoms with van der Waals surface area (Å²) in [6.07, 6.45) is 2.51. The van der Waals surface area contributed by atoms with E-state index in [4.69, 9.17) is 23.2 Å². The summed E-state index contributed by atoms with van der Waals surface area (Å²) in [7, 11) is 0. The minimum Gasteiger partial charge on any atom is -0.306 e. The predicted molar refractivity (Wildman–Crippen MR) is 105 cm³/mol. The van der Waals surface area contributed by atoms with Crippen molar-refractivity contribution in [3.05, 3.63) is 67.8 Å². The minimum atomic E-state index is -0.856. The van der Waals surface area contributed by atoms with Gasteiger partial charge in [-0.15, -0.1) is 0 Å². The highest BCUT2D eigenvalue weighted by Crippen LogP contribution is 2.25. The van der Waals surface area contributed by atoms with Gasteiger partial charge in [0.15, 0.2) is 5.82 Å². The molecule has 29 heavy (non-hydrogen) atoms. The zero-order chi connectivity index (χ0) is 21.3. The van der Waals surface area contributed by atoms with Crippen LogP contribution in [0.15, 0.2) is 30.6 Å². The molecule has 0 aliphatic heterocycles. The summed E-state index contributed by atoms with van der Waals surface area (Å²) in [5.74, 6) is -0.948. The molecule has 1 N–H and O–H groups in total. The molecule has 152 valence electrons. The van der Waals surface area contributed by atoms with Gasteiger partial charge in [-0.25, -0.2) is 4.39 Å². The third-order valence-electron chi connectivity index (χ3n) is 4.30. The van der Waals surface area contributed by atoms with Crippen LogP contribution >= 0.6 is 23.2 Å². The molecule has 0 aliphatic rings. The normalized spacial score (nSPS) is 12.0. The number of nitrogens with one attached hydrogen (secondary N) is 1. The number of nitrogens with zero attached hydrogens (tertiary/aromatic N) is 5. The number of benzene rings is 1. The highest BCUT2D eigenvalue weighted by atomic mass is 35.5. The second-order valence-electron chi connectivity index (χ2n) is 6.21. The third kappa shape index (κ3) is 4.22. The van der Waals surface area contributed by atoms with Crippen LogP contribution in [0.1, 0.15) is 24.2 Å². The zero-order valence-corrected chi connectivity index (χ0v) is 16.8. The first-order valence-corrected chi connectivity index (χ1v) is 9.09. The molecule has 0 saturated heterocycles. The number of halogens is 3. The quantitative estimate of drug-likeness (QED) is 0.460. The number of carbonyl (C=O) groups is 1. The number of hydrogen-bond acceptors (Lipinski definition) is 5. The van der Waals surface area contributed by atoms with Gasteiger partial charge in [0.2, 0.25) is 5.91 Å². The molecule has 0 spiro atoms. The summed E-state index contributed by atoms with van der Waals surface area (Å²) in [6, 6.07) is 3.47. The fourth-order valence-corrected chi connectivity index (χ4v) is 3.14. The van der Waals surface area contributed by atoms with E-state index in [2.05, 4.69) is 15.5 Å². The summed E-state index contributed by atoms with van der Waals surface area (Å²) >= 11 is 12.1. The van der Waals surface area contributed by atoms with E-state index in [0.29, 0.717) is 0 Å². The molecule has 0 saturated carbocycles. The van der Waals surface area contributed by atoms with Crippen LogP contribution in [0.3, 0.4) is 0 Å². The second-order valence-corrected chi connectivity index (χ2v) is 7.02. The fourth-order valence-electron chi connectivity index (χ4n) is 2.72. The zero-order valence-electron chi connectivity index (χ0n) is 15.3. The lowest BCUT2D eigenvalue weighted by Gasteiger charge is -2.13. The van der Waals surface area contributed by atoms with Crippen LogP contribution in [0.2, 0.25) is 10.0 Å². The standard InChI is InChI=1S/C17H15Cl2FN6O3/c1-9-15(26(28)29)6-21-25(9)10(2)17(27)22-16-13(19)8-24(23-16)7-11-12(18)4-3-5-14(11)20/h3-6,8,10H,7H2,1-2H3,(H,22,23,27). The molecule has 2 heterocycles. The molecule has 3 rings (SSSR count). The summed E-state index contributed by atoms with van der Waals surface area (Å²) < 4.78 is 16.5. The number of nitro groups is 1. The van der Waals surface area contributed by atoms with Gasteiger partial charge < -0.3 is 5.32 Å². The lowest BCUT2D eigenvalue weighted by Crippen LogP contribution is -2.25. The lowest BCUT2D eigenvalue weighted by molar-refractivity contribution is -0.385. The Morgan fingerprint density at radius 2 is 2.10 bits per heavy atom. The number of carbonyl (C=O) groups excluding carboxylic acids is 1. The summed E-state index contributed by atoms with van der Waals surface area (Å²) in [5, 5.41) is 21.9. The molecule has 0 radical (unpaired) electrons. The van der Waals surface area contributed by atoms with E-state index in [1.807, 2.05) is 0 Å². The van der Waals surface area contributed by atoms with Crippen LogP contribution in [0.5, 0.6) is 0 Å². The highest BCUT2D eigenvalue weighted by Gasteiger charge is 2.25. The molecule has 1 atom stereocenters. The maximum absolute atomic E-state index is 14.0. The van der Waals surface area contributed by atoms with E-state index in [9.17, 15) is 19.3 Å². The second kappa shape index (κ2) is 8.18. The molecule has 1 amide bonds. The molecule has 0 aliphatic carbocycles.